The lowest BCUT2D eigenvalue weighted by Crippen LogP contribution is -2.52. The van der Waals surface area contributed by atoms with Crippen LogP contribution in [0.5, 0.6) is 5.75 Å². The van der Waals surface area contributed by atoms with Crippen molar-refractivity contribution in [1.82, 2.24) is 29.9 Å². The summed E-state index contributed by atoms with van der Waals surface area (Å²) in [7, 11) is 6.73. The molecule has 0 saturated heterocycles. The summed E-state index contributed by atoms with van der Waals surface area (Å²) in [6, 6.07) is 22.2. The third-order valence-electron chi connectivity index (χ3n) is 10.9. The number of anilines is 1. The number of aromatic nitrogens is 3. The first-order valence-corrected chi connectivity index (χ1v) is 24.6. The Hall–Kier alpha value is -6.08. The molecular formula is C51H62Cl2FN7O9S. The summed E-state index contributed by atoms with van der Waals surface area (Å²) >= 11 is 14.2. The number of carbonyl (C=O) groups is 4. The number of ether oxygens (including phenoxy) is 5. The van der Waals surface area contributed by atoms with Crippen molar-refractivity contribution in [2.24, 2.45) is 0 Å². The van der Waals surface area contributed by atoms with Crippen LogP contribution < -0.4 is 9.64 Å². The van der Waals surface area contributed by atoms with Crippen molar-refractivity contribution in [3.05, 3.63) is 133 Å². The highest BCUT2D eigenvalue weighted by Gasteiger charge is 2.36. The summed E-state index contributed by atoms with van der Waals surface area (Å²) in [5.74, 6) is -1.13. The minimum absolute atomic E-state index is 0.00231. The van der Waals surface area contributed by atoms with Crippen molar-refractivity contribution in [3.63, 3.8) is 0 Å². The Balaban J connectivity index is 1.49. The first-order valence-electron chi connectivity index (χ1n) is 23.0. The summed E-state index contributed by atoms with van der Waals surface area (Å²) in [5, 5.41) is 8.10. The molecule has 0 aliphatic carbocycles. The van der Waals surface area contributed by atoms with Gasteiger partial charge in [0.05, 0.1) is 26.3 Å². The lowest BCUT2D eigenvalue weighted by Gasteiger charge is -2.36. The summed E-state index contributed by atoms with van der Waals surface area (Å²) in [6.45, 7) is 7.21. The molecule has 0 radical (unpaired) electrons. The largest absolute Gasteiger partial charge is 0.491 e. The fourth-order valence-electron chi connectivity index (χ4n) is 7.12. The molecule has 71 heavy (non-hydrogen) atoms. The van der Waals surface area contributed by atoms with Gasteiger partial charge in [0.15, 0.2) is 32.7 Å². The highest BCUT2D eigenvalue weighted by Crippen LogP contribution is 2.32. The van der Waals surface area contributed by atoms with Gasteiger partial charge in [-0.05, 0) is 120 Å². The van der Waals surface area contributed by atoms with E-state index in [1.54, 1.807) is 45.9 Å². The van der Waals surface area contributed by atoms with Crippen molar-refractivity contribution in [1.29, 1.82) is 0 Å². The fourth-order valence-corrected chi connectivity index (χ4v) is 8.62. The van der Waals surface area contributed by atoms with Crippen LogP contribution in [0.2, 0.25) is 10.3 Å². The first-order chi connectivity index (χ1) is 33.8. The standard InChI is InChI=1S/C51H62Cl2FN7O9S/c1-34-39(45(53)57-56-44(34)52)30-38(60(49(64)69-33-37-19-13-10-14-20-37)27-26-59(7)48(63)68-32-36-17-11-9-12-18-36)31-61(50(65)70-51(2,3)4)47-55-43(46(62)66-8)42(71-47)22-16-28-67-41-24-23-35(29-40(41)54)21-15-25-58(5)6/h9-14,17-20,23-24,29,38H,15-16,21-22,25-28,30-33H2,1-8H3/t38-/m1/s1. The molecule has 16 nitrogen and oxygen atoms in total. The lowest BCUT2D eigenvalue weighted by atomic mass is 10.0. The van der Waals surface area contributed by atoms with Crippen LogP contribution in [0.3, 0.4) is 0 Å². The van der Waals surface area contributed by atoms with Crippen LogP contribution in [0.25, 0.3) is 0 Å². The van der Waals surface area contributed by atoms with Gasteiger partial charge in [-0.3, -0.25) is 4.90 Å². The molecule has 1 atom stereocenters. The number of methoxy groups -OCH3 is 1. The van der Waals surface area contributed by atoms with Gasteiger partial charge in [0, 0.05) is 25.0 Å². The number of carbonyl (C=O) groups excluding carboxylic acids is 4. The van der Waals surface area contributed by atoms with Gasteiger partial charge in [-0.2, -0.15) is 0 Å². The number of halogens is 3. The van der Waals surface area contributed by atoms with E-state index < -0.39 is 41.7 Å². The van der Waals surface area contributed by atoms with Gasteiger partial charge in [-0.15, -0.1) is 21.5 Å². The van der Waals surface area contributed by atoms with Crippen LogP contribution in [-0.4, -0.2) is 127 Å². The molecule has 0 unspecified atom stereocenters. The number of hydrogen-bond acceptors (Lipinski definition) is 14. The average Bonchev–Trinajstić information content (AvgIpc) is 3.76. The van der Waals surface area contributed by atoms with E-state index in [4.69, 9.17) is 46.9 Å². The van der Waals surface area contributed by atoms with Gasteiger partial charge in [0.1, 0.15) is 18.8 Å². The molecule has 3 amide bonds. The molecule has 2 heterocycles. The number of thiazole rings is 1. The second-order valence-corrected chi connectivity index (χ2v) is 19.7. The Labute approximate surface area is 428 Å². The molecule has 0 fully saturated rings. The zero-order chi connectivity index (χ0) is 51.7. The van der Waals surface area contributed by atoms with Crippen LogP contribution in [0.4, 0.5) is 23.9 Å². The second-order valence-electron chi connectivity index (χ2n) is 17.9. The van der Waals surface area contributed by atoms with E-state index in [0.29, 0.717) is 28.0 Å². The molecule has 0 spiro atoms. The number of esters is 1. The molecule has 382 valence electrons. The maximum absolute atomic E-state index is 15.1. The van der Waals surface area contributed by atoms with Gasteiger partial charge in [0.2, 0.25) is 0 Å². The minimum atomic E-state index is -1.02. The second kappa shape index (κ2) is 26.9. The maximum atomic E-state index is 15.1. The highest BCUT2D eigenvalue weighted by molar-refractivity contribution is 7.16. The minimum Gasteiger partial charge on any atom is -0.491 e. The van der Waals surface area contributed by atoms with Gasteiger partial charge in [0.25, 0.3) is 0 Å². The number of aryl methyl sites for hydroxylation is 2. The van der Waals surface area contributed by atoms with Crippen LogP contribution in [0.15, 0.2) is 78.9 Å². The first kappa shape index (κ1) is 55.8. The van der Waals surface area contributed by atoms with E-state index in [1.165, 1.54) is 34.9 Å². The highest BCUT2D eigenvalue weighted by atomic mass is 35.5. The summed E-state index contributed by atoms with van der Waals surface area (Å²) < 4.78 is 43.5. The lowest BCUT2D eigenvalue weighted by molar-refractivity contribution is 0.0535. The molecule has 5 rings (SSSR count). The zero-order valence-corrected chi connectivity index (χ0v) is 43.7. The molecule has 0 N–H and O–H groups in total. The van der Waals surface area contributed by atoms with Gasteiger partial charge in [-0.1, -0.05) is 89.9 Å². The maximum Gasteiger partial charge on any atom is 0.416 e. The normalized spacial score (nSPS) is 11.7. The SMILES string of the molecule is COC(=O)c1nc(N(C[C@@H](Cc2c(Cl)nnc(Cl)c2C)N(CCN(C)C(=O)OCc2ccccc2)C(=O)OCc2ccccc2)C(=O)OC(C)(C)C)sc1CCCOc1ccc(CCCN(C)C)cc1F. The molecule has 20 heteroatoms. The quantitative estimate of drug-likeness (QED) is 0.0345. The van der Waals surface area contributed by atoms with E-state index in [-0.39, 0.29) is 79.2 Å². The number of benzene rings is 3. The molecule has 3 aromatic carbocycles. The Morgan fingerprint density at radius 1 is 0.775 bits per heavy atom. The van der Waals surface area contributed by atoms with Crippen molar-refractivity contribution in [2.45, 2.75) is 84.7 Å². The van der Waals surface area contributed by atoms with Crippen molar-refractivity contribution in [2.75, 3.05) is 65.9 Å². The van der Waals surface area contributed by atoms with E-state index >= 15 is 4.39 Å². The summed E-state index contributed by atoms with van der Waals surface area (Å²) in [6.07, 6.45) is -0.171. The Morgan fingerprint density at radius 3 is 2.01 bits per heavy atom. The molecule has 0 aliphatic heterocycles. The smallest absolute Gasteiger partial charge is 0.416 e. The molecule has 5 aromatic rings. The third kappa shape index (κ3) is 17.3. The Bertz CT molecular complexity index is 2550. The van der Waals surface area contributed by atoms with E-state index in [1.807, 2.05) is 68.7 Å². The Morgan fingerprint density at radius 2 is 1.41 bits per heavy atom. The van der Waals surface area contributed by atoms with Gasteiger partial charge >= 0.3 is 24.2 Å². The topological polar surface area (TPSA) is 166 Å². The number of likely N-dealkylation sites (N-methyl/N-ethyl adjacent to an activating group) is 1. The van der Waals surface area contributed by atoms with Crippen molar-refractivity contribution >= 4 is 63.9 Å². The number of hydrogen-bond donors (Lipinski definition) is 0. The molecule has 0 saturated carbocycles. The van der Waals surface area contributed by atoms with Gasteiger partial charge < -0.3 is 38.4 Å². The summed E-state index contributed by atoms with van der Waals surface area (Å²) in [4.78, 5) is 66.9. The predicted molar refractivity (Wildman–Crippen MR) is 271 cm³/mol. The van der Waals surface area contributed by atoms with Crippen molar-refractivity contribution in [3.8, 4) is 5.75 Å². The fraction of sp³-hybridized carbons (Fsp3) is 0.431. The molecule has 2 aromatic heterocycles. The van der Waals surface area contributed by atoms with Gasteiger partial charge in [-0.25, -0.2) is 28.6 Å². The zero-order valence-electron chi connectivity index (χ0n) is 41.4. The van der Waals surface area contributed by atoms with E-state index in [2.05, 4.69) is 20.1 Å². The molecule has 0 aliphatic rings. The number of rotatable bonds is 23. The third-order valence-corrected chi connectivity index (χ3v) is 12.7. The van der Waals surface area contributed by atoms with E-state index in [0.717, 1.165) is 41.9 Å². The molecular weight excluding hydrogens is 977 g/mol. The van der Waals surface area contributed by atoms with E-state index in [9.17, 15) is 19.2 Å². The predicted octanol–water partition coefficient (Wildman–Crippen LogP) is 10.2. The summed E-state index contributed by atoms with van der Waals surface area (Å²) in [5.41, 5.74) is 2.20. The van der Waals surface area contributed by atoms with Crippen LogP contribution in [0, 0.1) is 12.7 Å². The average molecular weight is 1040 g/mol. The number of amides is 3. The van der Waals surface area contributed by atoms with Crippen LogP contribution in [0.1, 0.15) is 76.8 Å². The Kier molecular flexibility index (Phi) is 21.2. The van der Waals surface area contributed by atoms with Crippen LogP contribution >= 0.6 is 34.5 Å². The monoisotopic (exact) mass is 1040 g/mol. The van der Waals surface area contributed by atoms with Crippen LogP contribution in [-0.2, 0) is 51.4 Å². The van der Waals surface area contributed by atoms with Crippen molar-refractivity contribution < 1.29 is 47.3 Å². The molecule has 0 bridgehead atoms. The number of nitrogens with zero attached hydrogens (tertiary/aromatic N) is 7.